The molecule has 3 aromatic rings. The molecule has 4 nitrogen and oxygen atoms in total. The van der Waals surface area contributed by atoms with Crippen LogP contribution in [0.5, 0.6) is 0 Å². The van der Waals surface area contributed by atoms with E-state index in [4.69, 9.17) is 5.10 Å². The fourth-order valence-corrected chi connectivity index (χ4v) is 3.65. The second-order valence-corrected chi connectivity index (χ2v) is 7.37. The van der Waals surface area contributed by atoms with Crippen LogP contribution in [-0.2, 0) is 6.42 Å². The van der Waals surface area contributed by atoms with Crippen molar-refractivity contribution in [1.29, 1.82) is 0 Å². The van der Waals surface area contributed by atoms with Crippen LogP contribution in [0.4, 0.5) is 15.9 Å². The number of hydrogen-bond donors (Lipinski definition) is 1. The van der Waals surface area contributed by atoms with Crippen LogP contribution in [-0.4, -0.2) is 15.6 Å². The molecule has 1 aliphatic rings. The van der Waals surface area contributed by atoms with Gasteiger partial charge in [-0.3, -0.25) is 4.79 Å². The number of nitrogens with one attached hydrogen (secondary N) is 1. The molecular formula is C22H22FN3O. The molecule has 27 heavy (non-hydrogen) atoms. The van der Waals surface area contributed by atoms with E-state index in [1.165, 1.54) is 17.7 Å². The molecule has 1 aromatic heterocycles. The highest BCUT2D eigenvalue weighted by atomic mass is 19.1. The third kappa shape index (κ3) is 3.14. The number of nitrogens with zero attached hydrogens (tertiary/aromatic N) is 2. The average Bonchev–Trinajstić information content (AvgIpc) is 2.98. The summed E-state index contributed by atoms with van der Waals surface area (Å²) in [6, 6.07) is 12.2. The van der Waals surface area contributed by atoms with E-state index in [1.807, 2.05) is 19.1 Å². The van der Waals surface area contributed by atoms with Crippen LogP contribution in [0.15, 0.2) is 42.5 Å². The molecule has 0 spiro atoms. The number of fused-ring (bicyclic) bond motifs is 1. The van der Waals surface area contributed by atoms with E-state index in [0.717, 1.165) is 29.1 Å². The Kier molecular flexibility index (Phi) is 4.30. The number of carbonyl (C=O) groups is 1. The van der Waals surface area contributed by atoms with Gasteiger partial charge >= 0.3 is 0 Å². The van der Waals surface area contributed by atoms with E-state index in [1.54, 1.807) is 16.8 Å². The number of carbonyl (C=O) groups excluding carboxylic acids is 1. The molecule has 1 N–H and O–H groups in total. The highest BCUT2D eigenvalue weighted by Crippen LogP contribution is 2.34. The molecule has 4 rings (SSSR count). The topological polar surface area (TPSA) is 46.9 Å². The van der Waals surface area contributed by atoms with E-state index in [-0.39, 0.29) is 17.5 Å². The van der Waals surface area contributed by atoms with Gasteiger partial charge in [-0.15, -0.1) is 5.10 Å². The van der Waals surface area contributed by atoms with E-state index >= 15 is 0 Å². The number of aryl methyl sites for hydroxylation is 1. The summed E-state index contributed by atoms with van der Waals surface area (Å²) in [5, 5.41) is 8.07. The summed E-state index contributed by atoms with van der Waals surface area (Å²) in [4.78, 5) is 12.8. The monoisotopic (exact) mass is 363 g/mol. The summed E-state index contributed by atoms with van der Waals surface area (Å²) in [6.07, 6.45) is 1.28. The molecule has 0 bridgehead atoms. The summed E-state index contributed by atoms with van der Waals surface area (Å²) in [7, 11) is 0. The molecule has 1 heterocycles. The predicted molar refractivity (Wildman–Crippen MR) is 105 cm³/mol. The second-order valence-electron chi connectivity index (χ2n) is 7.37. The first-order valence-electron chi connectivity index (χ1n) is 9.18. The predicted octanol–water partition coefficient (Wildman–Crippen LogP) is 5.14. The fraction of sp³-hybridized carbons (Fsp3) is 0.273. The van der Waals surface area contributed by atoms with Gasteiger partial charge in [0, 0.05) is 12.1 Å². The summed E-state index contributed by atoms with van der Waals surface area (Å²) < 4.78 is 15.1. The maximum atomic E-state index is 13.3. The lowest BCUT2D eigenvalue weighted by molar-refractivity contribution is 0.0953. The van der Waals surface area contributed by atoms with Gasteiger partial charge in [-0.2, -0.15) is 0 Å². The summed E-state index contributed by atoms with van der Waals surface area (Å²) >= 11 is 0. The highest BCUT2D eigenvalue weighted by molar-refractivity contribution is 6.03. The molecule has 0 radical (unpaired) electrons. The van der Waals surface area contributed by atoms with E-state index in [0.29, 0.717) is 17.8 Å². The Morgan fingerprint density at radius 2 is 1.85 bits per heavy atom. The first kappa shape index (κ1) is 17.5. The molecule has 0 saturated carbocycles. The zero-order valence-corrected chi connectivity index (χ0v) is 15.7. The molecule has 0 saturated heterocycles. The van der Waals surface area contributed by atoms with Crippen LogP contribution in [0.1, 0.15) is 40.5 Å². The molecule has 0 amide bonds. The van der Waals surface area contributed by atoms with Crippen molar-refractivity contribution in [2.75, 3.05) is 5.32 Å². The lowest BCUT2D eigenvalue weighted by Crippen LogP contribution is -2.19. The zero-order chi connectivity index (χ0) is 19.1. The molecule has 2 aromatic carbocycles. The minimum atomic E-state index is -0.294. The van der Waals surface area contributed by atoms with Crippen molar-refractivity contribution in [2.24, 2.45) is 5.92 Å². The van der Waals surface area contributed by atoms with Gasteiger partial charge in [0.15, 0.2) is 11.6 Å². The number of benzene rings is 2. The van der Waals surface area contributed by atoms with Crippen LogP contribution in [0.2, 0.25) is 0 Å². The summed E-state index contributed by atoms with van der Waals surface area (Å²) in [5.74, 6) is 0.636. The van der Waals surface area contributed by atoms with Gasteiger partial charge in [0.25, 0.3) is 0 Å². The lowest BCUT2D eigenvalue weighted by atomic mass is 9.87. The number of ketones is 1. The van der Waals surface area contributed by atoms with Crippen LogP contribution in [0.25, 0.3) is 5.69 Å². The van der Waals surface area contributed by atoms with Crippen molar-refractivity contribution in [3.63, 3.8) is 0 Å². The Morgan fingerprint density at radius 3 is 2.59 bits per heavy atom. The third-order valence-corrected chi connectivity index (χ3v) is 5.26. The molecular weight excluding hydrogens is 341 g/mol. The van der Waals surface area contributed by atoms with Gasteiger partial charge in [-0.25, -0.2) is 9.07 Å². The molecule has 0 aliphatic heterocycles. The number of halogens is 1. The van der Waals surface area contributed by atoms with Crippen LogP contribution < -0.4 is 5.32 Å². The number of aromatic nitrogens is 2. The first-order chi connectivity index (χ1) is 12.9. The van der Waals surface area contributed by atoms with Crippen LogP contribution in [0, 0.1) is 25.6 Å². The molecule has 0 fully saturated rings. The Bertz CT molecular complexity index is 1020. The number of hydrogen-bond acceptors (Lipinski definition) is 3. The Labute approximate surface area is 158 Å². The molecule has 1 aliphatic carbocycles. The van der Waals surface area contributed by atoms with Crippen molar-refractivity contribution in [3.05, 3.63) is 70.7 Å². The molecule has 0 unspecified atom stereocenters. The standard InChI is InChI=1S/C22H22FN3O/c1-13-11-19-21(20(27)12-13)22(24-18-6-4-5-14(2)15(18)3)25-26(19)17-9-7-16(23)8-10-17/h4-10,13H,11-12H2,1-3H3,(H,24,25)/t13-/m1/s1. The normalized spacial score (nSPS) is 16.3. The second kappa shape index (κ2) is 6.65. The van der Waals surface area contributed by atoms with Gasteiger partial charge in [0.05, 0.1) is 16.9 Å². The average molecular weight is 363 g/mol. The first-order valence-corrected chi connectivity index (χ1v) is 9.18. The minimum absolute atomic E-state index is 0.102. The number of anilines is 2. The van der Waals surface area contributed by atoms with Crippen LogP contribution in [0.3, 0.4) is 0 Å². The van der Waals surface area contributed by atoms with Gasteiger partial charge < -0.3 is 5.32 Å². The van der Waals surface area contributed by atoms with Crippen molar-refractivity contribution < 1.29 is 9.18 Å². The summed E-state index contributed by atoms with van der Waals surface area (Å²) in [5.41, 5.74) is 5.53. The SMILES string of the molecule is Cc1cccc(Nc2nn(-c3ccc(F)cc3)c3c2C(=O)C[C@H](C)C3)c1C. The largest absolute Gasteiger partial charge is 0.338 e. The maximum Gasteiger partial charge on any atom is 0.168 e. The highest BCUT2D eigenvalue weighted by Gasteiger charge is 2.31. The van der Waals surface area contributed by atoms with E-state index < -0.39 is 0 Å². The van der Waals surface area contributed by atoms with Gasteiger partial charge in [0.1, 0.15) is 5.82 Å². The smallest absolute Gasteiger partial charge is 0.168 e. The Balaban J connectivity index is 1.85. The number of Topliss-reactive ketones (excluding diaryl/α,β-unsaturated/α-hetero) is 1. The molecule has 5 heteroatoms. The zero-order valence-electron chi connectivity index (χ0n) is 15.7. The van der Waals surface area contributed by atoms with Crippen molar-refractivity contribution >= 4 is 17.3 Å². The minimum Gasteiger partial charge on any atom is -0.338 e. The third-order valence-electron chi connectivity index (χ3n) is 5.26. The Morgan fingerprint density at radius 1 is 1.11 bits per heavy atom. The number of rotatable bonds is 3. The van der Waals surface area contributed by atoms with E-state index in [9.17, 15) is 9.18 Å². The molecule has 138 valence electrons. The summed E-state index contributed by atoms with van der Waals surface area (Å²) in [6.45, 7) is 6.17. The quantitative estimate of drug-likeness (QED) is 0.701. The van der Waals surface area contributed by atoms with Gasteiger partial charge in [0.2, 0.25) is 0 Å². The van der Waals surface area contributed by atoms with E-state index in [2.05, 4.69) is 25.2 Å². The van der Waals surface area contributed by atoms with Crippen LogP contribution >= 0.6 is 0 Å². The van der Waals surface area contributed by atoms with Gasteiger partial charge in [-0.05, 0) is 67.6 Å². The van der Waals surface area contributed by atoms with Crippen molar-refractivity contribution in [3.8, 4) is 5.69 Å². The van der Waals surface area contributed by atoms with Gasteiger partial charge in [-0.1, -0.05) is 19.1 Å². The van der Waals surface area contributed by atoms with Crippen molar-refractivity contribution in [2.45, 2.75) is 33.6 Å². The van der Waals surface area contributed by atoms with Crippen molar-refractivity contribution in [1.82, 2.24) is 9.78 Å². The fourth-order valence-electron chi connectivity index (χ4n) is 3.65. The lowest BCUT2D eigenvalue weighted by Gasteiger charge is -2.19. The Hall–Kier alpha value is -2.95. The molecule has 1 atom stereocenters. The maximum absolute atomic E-state index is 13.3.